The maximum atomic E-state index is 14.9. The number of amides is 3. The molecular formula is C30H29F2N5O4. The van der Waals surface area contributed by atoms with Gasteiger partial charge in [0.2, 0.25) is 11.8 Å². The maximum absolute atomic E-state index is 14.9. The van der Waals surface area contributed by atoms with E-state index in [4.69, 9.17) is 4.74 Å². The second-order valence-corrected chi connectivity index (χ2v) is 9.50. The SMILES string of the molecule is C=CC(=O)Nc1ncnc(-c2cc(F)cc(NC(=O)c3ccc(C4CC4)cc3F)c2C)c1OCCN(C)C(=O)C=C. The highest BCUT2D eigenvalue weighted by Gasteiger charge is 2.26. The van der Waals surface area contributed by atoms with Crippen molar-refractivity contribution in [3.05, 3.63) is 90.3 Å². The minimum Gasteiger partial charge on any atom is -0.486 e. The van der Waals surface area contributed by atoms with E-state index in [0.29, 0.717) is 11.5 Å². The number of hydrogen-bond acceptors (Lipinski definition) is 6. The van der Waals surface area contributed by atoms with Gasteiger partial charge in [0.25, 0.3) is 5.91 Å². The van der Waals surface area contributed by atoms with Crippen molar-refractivity contribution in [1.29, 1.82) is 0 Å². The summed E-state index contributed by atoms with van der Waals surface area (Å²) in [5.74, 6) is -2.67. The van der Waals surface area contributed by atoms with Gasteiger partial charge in [0, 0.05) is 18.3 Å². The van der Waals surface area contributed by atoms with Gasteiger partial charge in [-0.05, 0) is 73.2 Å². The van der Waals surface area contributed by atoms with Crippen LogP contribution in [0.3, 0.4) is 0 Å². The first-order valence-electron chi connectivity index (χ1n) is 12.8. The van der Waals surface area contributed by atoms with E-state index in [1.165, 1.54) is 23.1 Å². The molecule has 1 fully saturated rings. The van der Waals surface area contributed by atoms with Crippen LogP contribution in [0.2, 0.25) is 0 Å². The van der Waals surface area contributed by atoms with E-state index in [1.54, 1.807) is 20.0 Å². The number of halogens is 2. The summed E-state index contributed by atoms with van der Waals surface area (Å²) >= 11 is 0. The third kappa shape index (κ3) is 6.81. The number of carbonyl (C=O) groups excluding carboxylic acids is 3. The van der Waals surface area contributed by atoms with Crippen LogP contribution in [0.15, 0.2) is 62.0 Å². The summed E-state index contributed by atoms with van der Waals surface area (Å²) in [6.07, 6.45) is 5.35. The third-order valence-corrected chi connectivity index (χ3v) is 6.62. The molecule has 0 bridgehead atoms. The molecule has 0 spiro atoms. The lowest BCUT2D eigenvalue weighted by molar-refractivity contribution is -0.125. The van der Waals surface area contributed by atoms with Crippen LogP contribution in [0.1, 0.15) is 40.2 Å². The zero-order valence-corrected chi connectivity index (χ0v) is 22.7. The van der Waals surface area contributed by atoms with Crippen molar-refractivity contribution in [1.82, 2.24) is 14.9 Å². The zero-order valence-electron chi connectivity index (χ0n) is 22.7. The Hall–Kier alpha value is -4.93. The van der Waals surface area contributed by atoms with Crippen molar-refractivity contribution in [3.63, 3.8) is 0 Å². The molecule has 0 aliphatic heterocycles. The van der Waals surface area contributed by atoms with Crippen LogP contribution in [0.4, 0.5) is 20.3 Å². The van der Waals surface area contributed by atoms with Crippen LogP contribution < -0.4 is 15.4 Å². The standard InChI is InChI=1S/C30H29F2N5O4/c1-5-25(38)36-29-28(41-12-11-37(4)26(39)6-2)27(33-16-34-29)22-14-20(31)15-24(17(22)3)35-30(40)21-10-9-19(13-23(21)32)18-7-8-18/h5-6,9-10,13-16,18H,1-2,7-8,11-12H2,3-4H3,(H,35,40)(H,33,34,36,38). The van der Waals surface area contributed by atoms with E-state index >= 15 is 0 Å². The fourth-order valence-electron chi connectivity index (χ4n) is 4.14. The van der Waals surface area contributed by atoms with E-state index in [-0.39, 0.29) is 53.1 Å². The van der Waals surface area contributed by atoms with Crippen molar-refractivity contribution in [2.45, 2.75) is 25.7 Å². The highest BCUT2D eigenvalue weighted by atomic mass is 19.1. The number of aromatic nitrogens is 2. The normalized spacial score (nSPS) is 12.3. The molecule has 3 aromatic rings. The molecule has 1 heterocycles. The number of nitrogens with one attached hydrogen (secondary N) is 2. The Morgan fingerprint density at radius 1 is 1.10 bits per heavy atom. The van der Waals surface area contributed by atoms with Crippen molar-refractivity contribution in [2.75, 3.05) is 30.8 Å². The monoisotopic (exact) mass is 561 g/mol. The Morgan fingerprint density at radius 2 is 1.85 bits per heavy atom. The smallest absolute Gasteiger partial charge is 0.258 e. The predicted octanol–water partition coefficient (Wildman–Crippen LogP) is 5.01. The summed E-state index contributed by atoms with van der Waals surface area (Å²) in [5.41, 5.74) is 1.51. The second-order valence-electron chi connectivity index (χ2n) is 9.50. The number of benzene rings is 2. The first-order chi connectivity index (χ1) is 19.6. The van der Waals surface area contributed by atoms with Gasteiger partial charge < -0.3 is 20.3 Å². The van der Waals surface area contributed by atoms with Gasteiger partial charge >= 0.3 is 0 Å². The fourth-order valence-corrected chi connectivity index (χ4v) is 4.14. The summed E-state index contributed by atoms with van der Waals surface area (Å²) in [7, 11) is 1.56. The van der Waals surface area contributed by atoms with Crippen LogP contribution in [0.25, 0.3) is 11.3 Å². The minimum absolute atomic E-state index is 0.00911. The quantitative estimate of drug-likeness (QED) is 0.318. The van der Waals surface area contributed by atoms with E-state index in [1.807, 2.05) is 0 Å². The van der Waals surface area contributed by atoms with Crippen molar-refractivity contribution < 1.29 is 27.9 Å². The highest BCUT2D eigenvalue weighted by molar-refractivity contribution is 6.05. The van der Waals surface area contributed by atoms with Crippen LogP contribution in [-0.2, 0) is 9.59 Å². The van der Waals surface area contributed by atoms with E-state index in [9.17, 15) is 23.2 Å². The molecule has 2 N–H and O–H groups in total. The molecule has 41 heavy (non-hydrogen) atoms. The first-order valence-corrected chi connectivity index (χ1v) is 12.8. The summed E-state index contributed by atoms with van der Waals surface area (Å²) in [5, 5.41) is 5.13. The van der Waals surface area contributed by atoms with Gasteiger partial charge in [-0.1, -0.05) is 19.2 Å². The number of rotatable bonds is 11. The molecule has 0 saturated heterocycles. The molecule has 3 amide bonds. The predicted molar refractivity (Wildman–Crippen MR) is 151 cm³/mol. The number of nitrogens with zero attached hydrogens (tertiary/aromatic N) is 3. The summed E-state index contributed by atoms with van der Waals surface area (Å²) in [6.45, 7) is 8.63. The topological polar surface area (TPSA) is 114 Å². The molecule has 0 radical (unpaired) electrons. The van der Waals surface area contributed by atoms with Gasteiger partial charge in [-0.2, -0.15) is 0 Å². The molecule has 1 aliphatic carbocycles. The molecular weight excluding hydrogens is 532 g/mol. The number of anilines is 2. The van der Waals surface area contributed by atoms with Gasteiger partial charge in [0.1, 0.15) is 30.3 Å². The Bertz CT molecular complexity index is 1540. The van der Waals surface area contributed by atoms with Gasteiger partial charge in [-0.3, -0.25) is 14.4 Å². The van der Waals surface area contributed by atoms with Crippen LogP contribution in [-0.4, -0.2) is 52.8 Å². The number of likely N-dealkylation sites (N-methyl/N-ethyl adjacent to an activating group) is 1. The van der Waals surface area contributed by atoms with Crippen molar-refractivity contribution in [3.8, 4) is 17.0 Å². The summed E-state index contributed by atoms with van der Waals surface area (Å²) < 4.78 is 35.6. The molecule has 0 atom stereocenters. The Kier molecular flexibility index (Phi) is 8.86. The minimum atomic E-state index is -0.738. The number of carbonyl (C=O) groups is 3. The summed E-state index contributed by atoms with van der Waals surface area (Å²) in [4.78, 5) is 46.6. The Morgan fingerprint density at radius 3 is 2.51 bits per heavy atom. The van der Waals surface area contributed by atoms with Gasteiger partial charge in [0.15, 0.2) is 11.6 Å². The average molecular weight is 562 g/mol. The largest absolute Gasteiger partial charge is 0.486 e. The van der Waals surface area contributed by atoms with E-state index in [0.717, 1.165) is 43.0 Å². The lowest BCUT2D eigenvalue weighted by atomic mass is 10.0. The van der Waals surface area contributed by atoms with Gasteiger partial charge in [-0.25, -0.2) is 18.7 Å². The van der Waals surface area contributed by atoms with Crippen LogP contribution >= 0.6 is 0 Å². The number of hydrogen-bond donors (Lipinski definition) is 2. The van der Waals surface area contributed by atoms with Crippen molar-refractivity contribution in [2.24, 2.45) is 0 Å². The van der Waals surface area contributed by atoms with Crippen LogP contribution in [0, 0.1) is 18.6 Å². The number of ether oxygens (including phenoxy) is 1. The molecule has 1 aliphatic rings. The van der Waals surface area contributed by atoms with Crippen LogP contribution in [0.5, 0.6) is 5.75 Å². The maximum Gasteiger partial charge on any atom is 0.258 e. The van der Waals surface area contributed by atoms with Crippen molar-refractivity contribution >= 4 is 29.2 Å². The second kappa shape index (κ2) is 12.5. The fraction of sp³-hybridized carbons (Fsp3) is 0.233. The van der Waals surface area contributed by atoms with E-state index < -0.39 is 23.4 Å². The van der Waals surface area contributed by atoms with Gasteiger partial charge in [0.05, 0.1) is 12.1 Å². The third-order valence-electron chi connectivity index (χ3n) is 6.62. The highest BCUT2D eigenvalue weighted by Crippen LogP contribution is 2.41. The molecule has 0 unspecified atom stereocenters. The Balaban J connectivity index is 1.68. The molecule has 4 rings (SSSR count). The van der Waals surface area contributed by atoms with E-state index in [2.05, 4.69) is 33.8 Å². The molecule has 2 aromatic carbocycles. The lowest BCUT2D eigenvalue weighted by Crippen LogP contribution is -2.29. The molecule has 1 aromatic heterocycles. The molecule has 212 valence electrons. The first kappa shape index (κ1) is 29.1. The Labute approximate surface area is 235 Å². The molecule has 9 nitrogen and oxygen atoms in total. The summed E-state index contributed by atoms with van der Waals surface area (Å²) in [6, 6.07) is 6.82. The van der Waals surface area contributed by atoms with Gasteiger partial charge in [-0.15, -0.1) is 0 Å². The average Bonchev–Trinajstić information content (AvgIpc) is 3.80. The molecule has 11 heteroatoms. The zero-order chi connectivity index (χ0) is 29.7. The molecule has 1 saturated carbocycles. The lowest BCUT2D eigenvalue weighted by Gasteiger charge is -2.19.